The summed E-state index contributed by atoms with van der Waals surface area (Å²) in [5, 5.41) is 1.05. The lowest BCUT2D eigenvalue weighted by atomic mass is 10.1. The van der Waals surface area contributed by atoms with Crippen LogP contribution in [-0.2, 0) is 17.8 Å². The lowest BCUT2D eigenvalue weighted by molar-refractivity contribution is -0.131. The molecule has 4 rings (SSSR count). The number of halogens is 1. The number of pyridine rings is 1. The fourth-order valence-corrected chi connectivity index (χ4v) is 3.17. The molecule has 3 nitrogen and oxygen atoms in total. The molecule has 0 aliphatic heterocycles. The molecule has 126 valence electrons. The van der Waals surface area contributed by atoms with Gasteiger partial charge in [0.25, 0.3) is 0 Å². The minimum atomic E-state index is -0.255. The van der Waals surface area contributed by atoms with Crippen molar-refractivity contribution < 1.29 is 9.18 Å². The second kappa shape index (κ2) is 6.63. The molecule has 0 unspecified atom stereocenters. The van der Waals surface area contributed by atoms with Crippen LogP contribution in [0.25, 0.3) is 10.9 Å². The molecule has 1 amide bonds. The van der Waals surface area contributed by atoms with E-state index in [2.05, 4.69) is 4.98 Å². The Kier molecular flexibility index (Phi) is 4.18. The molecule has 1 aliphatic carbocycles. The Hall–Kier alpha value is -2.75. The number of nitrogens with zero attached hydrogens (tertiary/aromatic N) is 2. The topological polar surface area (TPSA) is 33.2 Å². The average Bonchev–Trinajstić information content (AvgIpc) is 3.46. The predicted octanol–water partition coefficient (Wildman–Crippen LogP) is 4.11. The predicted molar refractivity (Wildman–Crippen MR) is 95.4 cm³/mol. The first-order chi connectivity index (χ1) is 12.2. The summed E-state index contributed by atoms with van der Waals surface area (Å²) in [7, 11) is 0. The molecule has 1 saturated carbocycles. The molecule has 1 aromatic heterocycles. The molecule has 0 spiro atoms. The highest BCUT2D eigenvalue weighted by Crippen LogP contribution is 2.29. The van der Waals surface area contributed by atoms with Gasteiger partial charge in [-0.25, -0.2) is 4.39 Å². The molecule has 0 N–H and O–H groups in total. The third-order valence-corrected chi connectivity index (χ3v) is 4.63. The number of amides is 1. The zero-order valence-corrected chi connectivity index (χ0v) is 13.9. The van der Waals surface area contributed by atoms with E-state index in [1.807, 2.05) is 35.2 Å². The number of aromatic nitrogens is 1. The van der Waals surface area contributed by atoms with Crippen molar-refractivity contribution >= 4 is 16.8 Å². The van der Waals surface area contributed by atoms with Gasteiger partial charge in [-0.15, -0.1) is 0 Å². The normalized spacial score (nSPS) is 13.8. The Morgan fingerprint density at radius 2 is 1.84 bits per heavy atom. The molecule has 1 heterocycles. The number of carbonyl (C=O) groups is 1. The third-order valence-electron chi connectivity index (χ3n) is 4.63. The molecule has 25 heavy (non-hydrogen) atoms. The summed E-state index contributed by atoms with van der Waals surface area (Å²) in [5.41, 5.74) is 2.79. The van der Waals surface area contributed by atoms with Gasteiger partial charge in [-0.3, -0.25) is 9.78 Å². The molecule has 1 fully saturated rings. The highest BCUT2D eigenvalue weighted by molar-refractivity contribution is 5.87. The summed E-state index contributed by atoms with van der Waals surface area (Å²) in [6.07, 6.45) is 4.18. The number of hydrogen-bond donors (Lipinski definition) is 0. The maximum atomic E-state index is 13.1. The number of rotatable bonds is 5. The van der Waals surface area contributed by atoms with Gasteiger partial charge in [-0.2, -0.15) is 0 Å². The molecule has 2 aromatic carbocycles. The Balaban J connectivity index is 1.55. The monoisotopic (exact) mass is 334 g/mol. The molecule has 1 aliphatic rings. The van der Waals surface area contributed by atoms with Crippen LogP contribution in [0.15, 0.2) is 60.8 Å². The zero-order valence-electron chi connectivity index (χ0n) is 13.9. The number of para-hydroxylation sites is 1. The third kappa shape index (κ3) is 3.53. The standard InChI is InChI=1S/C21H19FN2O/c22-18-8-6-15(7-9-18)14-24(19-10-11-19)20(25)13-17-4-1-3-16-5-2-12-23-21(16)17/h1-9,12,19H,10-11,13-14H2. The van der Waals surface area contributed by atoms with Crippen molar-refractivity contribution in [1.82, 2.24) is 9.88 Å². The van der Waals surface area contributed by atoms with Gasteiger partial charge in [-0.05, 0) is 42.2 Å². The lowest BCUT2D eigenvalue weighted by Gasteiger charge is -2.23. The van der Waals surface area contributed by atoms with Crippen molar-refractivity contribution in [3.05, 3.63) is 77.7 Å². The van der Waals surface area contributed by atoms with Crippen LogP contribution in [0.2, 0.25) is 0 Å². The average molecular weight is 334 g/mol. The highest BCUT2D eigenvalue weighted by Gasteiger charge is 2.32. The van der Waals surface area contributed by atoms with E-state index in [0.717, 1.165) is 34.9 Å². The summed E-state index contributed by atoms with van der Waals surface area (Å²) in [6.45, 7) is 0.530. The first-order valence-electron chi connectivity index (χ1n) is 8.57. The molecule has 0 bridgehead atoms. The molecule has 4 heteroatoms. The Morgan fingerprint density at radius 1 is 1.08 bits per heavy atom. The van der Waals surface area contributed by atoms with E-state index < -0.39 is 0 Å². The van der Waals surface area contributed by atoms with Crippen LogP contribution in [0.4, 0.5) is 4.39 Å². The highest BCUT2D eigenvalue weighted by atomic mass is 19.1. The molecule has 3 aromatic rings. The largest absolute Gasteiger partial charge is 0.335 e. The van der Waals surface area contributed by atoms with Gasteiger partial charge >= 0.3 is 0 Å². The Labute approximate surface area is 146 Å². The zero-order chi connectivity index (χ0) is 17.2. The van der Waals surface area contributed by atoms with Crippen LogP contribution in [0.3, 0.4) is 0 Å². The Bertz CT molecular complexity index is 898. The van der Waals surface area contributed by atoms with E-state index >= 15 is 0 Å². The van der Waals surface area contributed by atoms with Gasteiger partial charge in [0.15, 0.2) is 0 Å². The van der Waals surface area contributed by atoms with E-state index in [1.165, 1.54) is 12.1 Å². The summed E-state index contributed by atoms with van der Waals surface area (Å²) in [6, 6.07) is 16.5. The van der Waals surface area contributed by atoms with E-state index in [-0.39, 0.29) is 11.7 Å². The van der Waals surface area contributed by atoms with Crippen LogP contribution in [0.5, 0.6) is 0 Å². The lowest BCUT2D eigenvalue weighted by Crippen LogP contribution is -2.33. The SMILES string of the molecule is O=C(Cc1cccc2cccnc12)N(Cc1ccc(F)cc1)C1CC1. The minimum Gasteiger partial charge on any atom is -0.335 e. The maximum Gasteiger partial charge on any atom is 0.227 e. The number of hydrogen-bond acceptors (Lipinski definition) is 2. The van der Waals surface area contributed by atoms with Crippen LogP contribution < -0.4 is 0 Å². The van der Waals surface area contributed by atoms with E-state index in [1.54, 1.807) is 18.3 Å². The first kappa shape index (κ1) is 15.8. The summed E-state index contributed by atoms with van der Waals surface area (Å²) >= 11 is 0. The van der Waals surface area contributed by atoms with Crippen LogP contribution in [0, 0.1) is 5.82 Å². The van der Waals surface area contributed by atoms with Gasteiger partial charge in [0.2, 0.25) is 5.91 Å². The molecule has 0 saturated heterocycles. The Morgan fingerprint density at radius 3 is 2.60 bits per heavy atom. The van der Waals surface area contributed by atoms with Crippen molar-refractivity contribution in [2.45, 2.75) is 31.8 Å². The van der Waals surface area contributed by atoms with Gasteiger partial charge in [0.05, 0.1) is 11.9 Å². The van der Waals surface area contributed by atoms with Crippen LogP contribution >= 0.6 is 0 Å². The molecule has 0 radical (unpaired) electrons. The smallest absolute Gasteiger partial charge is 0.227 e. The molecular weight excluding hydrogens is 315 g/mol. The number of benzene rings is 2. The van der Waals surface area contributed by atoms with E-state index in [9.17, 15) is 9.18 Å². The molecular formula is C21H19FN2O. The summed E-state index contributed by atoms with van der Waals surface area (Å²) in [4.78, 5) is 19.3. The fraction of sp³-hybridized carbons (Fsp3) is 0.238. The van der Waals surface area contributed by atoms with Crippen LogP contribution in [-0.4, -0.2) is 21.8 Å². The number of fused-ring (bicyclic) bond motifs is 1. The van der Waals surface area contributed by atoms with Gasteiger partial charge < -0.3 is 4.90 Å². The van der Waals surface area contributed by atoms with Crippen molar-refractivity contribution in [3.63, 3.8) is 0 Å². The van der Waals surface area contributed by atoms with Gasteiger partial charge in [0.1, 0.15) is 5.82 Å². The van der Waals surface area contributed by atoms with E-state index in [0.29, 0.717) is 19.0 Å². The van der Waals surface area contributed by atoms with Crippen molar-refractivity contribution in [2.24, 2.45) is 0 Å². The summed E-state index contributed by atoms with van der Waals surface area (Å²) in [5.74, 6) is -0.153. The van der Waals surface area contributed by atoms with Gasteiger partial charge in [0, 0.05) is 24.2 Å². The second-order valence-corrected chi connectivity index (χ2v) is 6.55. The van der Waals surface area contributed by atoms with Crippen LogP contribution in [0.1, 0.15) is 24.0 Å². The van der Waals surface area contributed by atoms with Gasteiger partial charge in [-0.1, -0.05) is 36.4 Å². The first-order valence-corrected chi connectivity index (χ1v) is 8.57. The maximum absolute atomic E-state index is 13.1. The van der Waals surface area contributed by atoms with Crippen molar-refractivity contribution in [2.75, 3.05) is 0 Å². The van der Waals surface area contributed by atoms with Crippen molar-refractivity contribution in [1.29, 1.82) is 0 Å². The second-order valence-electron chi connectivity index (χ2n) is 6.55. The van der Waals surface area contributed by atoms with E-state index in [4.69, 9.17) is 0 Å². The summed E-state index contributed by atoms with van der Waals surface area (Å²) < 4.78 is 13.1. The van der Waals surface area contributed by atoms with Crippen molar-refractivity contribution in [3.8, 4) is 0 Å². The molecule has 0 atom stereocenters. The fourth-order valence-electron chi connectivity index (χ4n) is 3.17. The quantitative estimate of drug-likeness (QED) is 0.703. The minimum absolute atomic E-state index is 0.102. The number of carbonyl (C=O) groups excluding carboxylic acids is 1.